The van der Waals surface area contributed by atoms with Gasteiger partial charge >= 0.3 is 0 Å². The van der Waals surface area contributed by atoms with Crippen LogP contribution in [-0.2, 0) is 0 Å². The molecule has 0 amide bonds. The third kappa shape index (κ3) is 6.00. The third-order valence-corrected chi connectivity index (χ3v) is 4.29. The molecule has 0 spiro atoms. The number of ether oxygens (including phenoxy) is 1. The van der Waals surface area contributed by atoms with Crippen LogP contribution in [0.5, 0.6) is 5.75 Å². The Hall–Kier alpha value is -1.82. The fourth-order valence-electron chi connectivity index (χ4n) is 2.88. The number of benzene rings is 1. The van der Waals surface area contributed by atoms with E-state index in [0.717, 1.165) is 25.6 Å². The molecule has 1 aromatic carbocycles. The number of likely N-dealkylation sites (tertiary alicyclic amines) is 1. The molecule has 24 heavy (non-hydrogen) atoms. The predicted octanol–water partition coefficient (Wildman–Crippen LogP) is 2.10. The third-order valence-electron chi connectivity index (χ3n) is 4.29. The van der Waals surface area contributed by atoms with Gasteiger partial charge in [0.25, 0.3) is 0 Å². The summed E-state index contributed by atoms with van der Waals surface area (Å²) in [4.78, 5) is 6.72. The van der Waals surface area contributed by atoms with Gasteiger partial charge in [0.15, 0.2) is 5.96 Å². The Morgan fingerprint density at radius 1 is 1.46 bits per heavy atom. The van der Waals surface area contributed by atoms with E-state index in [4.69, 9.17) is 4.74 Å². The van der Waals surface area contributed by atoms with E-state index in [1.165, 1.54) is 25.1 Å². The average molecular weight is 336 g/mol. The second-order valence-electron chi connectivity index (χ2n) is 6.27. The molecule has 1 aliphatic rings. The minimum absolute atomic E-state index is 0.0904. The summed E-state index contributed by atoms with van der Waals surface area (Å²) in [7, 11) is 1.76. The van der Waals surface area contributed by atoms with Gasteiger partial charge in [-0.3, -0.25) is 4.99 Å². The van der Waals surface area contributed by atoms with Crippen LogP contribution in [0.2, 0.25) is 0 Å². The fourth-order valence-corrected chi connectivity index (χ4v) is 2.88. The van der Waals surface area contributed by atoms with Crippen molar-refractivity contribution in [2.45, 2.75) is 26.4 Å². The lowest BCUT2D eigenvalue weighted by molar-refractivity contribution is 0.223. The highest BCUT2D eigenvalue weighted by Gasteiger charge is 2.21. The minimum Gasteiger partial charge on any atom is -0.489 e. The topological polar surface area (TPSA) is 48.9 Å². The second kappa shape index (κ2) is 9.47. The van der Waals surface area contributed by atoms with Crippen molar-refractivity contribution in [3.8, 4) is 5.75 Å². The highest BCUT2D eigenvalue weighted by Crippen LogP contribution is 2.15. The zero-order valence-electron chi connectivity index (χ0n) is 14.9. The lowest BCUT2D eigenvalue weighted by atomic mass is 10.1. The van der Waals surface area contributed by atoms with Gasteiger partial charge in [-0.25, -0.2) is 4.39 Å². The molecule has 1 heterocycles. The fraction of sp³-hybridized carbons (Fsp3) is 0.611. The minimum atomic E-state index is -0.289. The van der Waals surface area contributed by atoms with E-state index in [1.54, 1.807) is 19.2 Å². The van der Waals surface area contributed by atoms with Crippen LogP contribution in [0.15, 0.2) is 29.3 Å². The highest BCUT2D eigenvalue weighted by molar-refractivity contribution is 5.79. The Balaban J connectivity index is 1.69. The molecule has 5 nitrogen and oxygen atoms in total. The molecule has 1 saturated heterocycles. The highest BCUT2D eigenvalue weighted by atomic mass is 19.1. The average Bonchev–Trinajstić information content (AvgIpc) is 3.03. The van der Waals surface area contributed by atoms with E-state index in [0.29, 0.717) is 18.2 Å². The van der Waals surface area contributed by atoms with Crippen LogP contribution in [-0.4, -0.2) is 56.7 Å². The molecule has 1 aromatic rings. The summed E-state index contributed by atoms with van der Waals surface area (Å²) in [6, 6.07) is 6.20. The van der Waals surface area contributed by atoms with Crippen LogP contribution in [0.25, 0.3) is 0 Å². The maximum Gasteiger partial charge on any atom is 0.191 e. The summed E-state index contributed by atoms with van der Waals surface area (Å²) >= 11 is 0. The van der Waals surface area contributed by atoms with Crippen LogP contribution < -0.4 is 15.4 Å². The van der Waals surface area contributed by atoms with Crippen molar-refractivity contribution in [1.29, 1.82) is 0 Å². The number of halogens is 1. The summed E-state index contributed by atoms with van der Waals surface area (Å²) in [5.74, 6) is 1.70. The van der Waals surface area contributed by atoms with Gasteiger partial charge < -0.3 is 20.3 Å². The second-order valence-corrected chi connectivity index (χ2v) is 6.27. The standard InChI is InChI=1S/C18H29FN4O/c1-4-23-9-8-15(13-23)12-22-18(20-3)21-11-14(2)24-17-7-5-6-16(19)10-17/h5-7,10,14-15H,4,8-9,11-13H2,1-3H3,(H2,20,21,22). The largest absolute Gasteiger partial charge is 0.489 e. The number of nitrogens with zero attached hydrogens (tertiary/aromatic N) is 2. The van der Waals surface area contributed by atoms with Crippen LogP contribution in [0.1, 0.15) is 20.3 Å². The van der Waals surface area contributed by atoms with Crippen LogP contribution in [0.4, 0.5) is 4.39 Å². The van der Waals surface area contributed by atoms with Gasteiger partial charge in [0, 0.05) is 26.2 Å². The van der Waals surface area contributed by atoms with E-state index in [1.807, 2.05) is 6.92 Å². The van der Waals surface area contributed by atoms with Crippen LogP contribution in [0.3, 0.4) is 0 Å². The molecule has 2 rings (SSSR count). The van der Waals surface area contributed by atoms with Gasteiger partial charge in [-0.1, -0.05) is 13.0 Å². The molecule has 0 aliphatic carbocycles. The Morgan fingerprint density at radius 3 is 2.96 bits per heavy atom. The van der Waals surface area contributed by atoms with Gasteiger partial charge in [0.2, 0.25) is 0 Å². The molecule has 134 valence electrons. The number of guanidine groups is 1. The molecule has 0 bridgehead atoms. The smallest absolute Gasteiger partial charge is 0.191 e. The van der Waals surface area contributed by atoms with Crippen molar-refractivity contribution in [2.75, 3.05) is 39.8 Å². The quantitative estimate of drug-likeness (QED) is 0.591. The first-order valence-corrected chi connectivity index (χ1v) is 8.69. The van der Waals surface area contributed by atoms with Crippen molar-refractivity contribution in [3.63, 3.8) is 0 Å². The van der Waals surface area contributed by atoms with Crippen molar-refractivity contribution >= 4 is 5.96 Å². The van der Waals surface area contributed by atoms with Crippen LogP contribution >= 0.6 is 0 Å². The molecular weight excluding hydrogens is 307 g/mol. The van der Waals surface area contributed by atoms with Crippen molar-refractivity contribution < 1.29 is 9.13 Å². The Labute approximate surface area is 144 Å². The van der Waals surface area contributed by atoms with Gasteiger partial charge in [-0.15, -0.1) is 0 Å². The maximum atomic E-state index is 13.2. The molecule has 2 N–H and O–H groups in total. The lowest BCUT2D eigenvalue weighted by Gasteiger charge is -2.19. The summed E-state index contributed by atoms with van der Waals surface area (Å²) in [6.07, 6.45) is 1.14. The van der Waals surface area contributed by atoms with Crippen molar-refractivity contribution in [1.82, 2.24) is 15.5 Å². The van der Waals surface area contributed by atoms with E-state index in [9.17, 15) is 4.39 Å². The van der Waals surface area contributed by atoms with E-state index < -0.39 is 0 Å². The van der Waals surface area contributed by atoms with Gasteiger partial charge in [0.05, 0.1) is 6.54 Å². The first-order chi connectivity index (χ1) is 11.6. The Morgan fingerprint density at radius 2 is 2.29 bits per heavy atom. The maximum absolute atomic E-state index is 13.2. The SMILES string of the molecule is CCN1CCC(CNC(=NC)NCC(C)Oc2cccc(F)c2)C1. The molecule has 2 atom stereocenters. The van der Waals surface area contributed by atoms with Crippen molar-refractivity contribution in [3.05, 3.63) is 30.1 Å². The molecule has 0 radical (unpaired) electrons. The molecule has 1 aliphatic heterocycles. The molecular formula is C18H29FN4O. The van der Waals surface area contributed by atoms with Crippen LogP contribution in [0, 0.1) is 11.7 Å². The summed E-state index contributed by atoms with van der Waals surface area (Å²) in [5.41, 5.74) is 0. The number of nitrogens with one attached hydrogen (secondary N) is 2. The molecule has 1 fully saturated rings. The zero-order chi connectivity index (χ0) is 17.4. The Kier molecular flexibility index (Phi) is 7.31. The van der Waals surface area contributed by atoms with Gasteiger partial charge in [-0.05, 0) is 44.5 Å². The number of hydrogen-bond donors (Lipinski definition) is 2. The van der Waals surface area contributed by atoms with Gasteiger partial charge in [0.1, 0.15) is 17.7 Å². The number of hydrogen-bond acceptors (Lipinski definition) is 3. The molecule has 0 aromatic heterocycles. The molecule has 0 saturated carbocycles. The van der Waals surface area contributed by atoms with E-state index >= 15 is 0 Å². The van der Waals surface area contributed by atoms with E-state index in [2.05, 4.69) is 27.4 Å². The monoisotopic (exact) mass is 336 g/mol. The van der Waals surface area contributed by atoms with Crippen molar-refractivity contribution in [2.24, 2.45) is 10.9 Å². The molecule has 6 heteroatoms. The van der Waals surface area contributed by atoms with Gasteiger partial charge in [-0.2, -0.15) is 0 Å². The summed E-state index contributed by atoms with van der Waals surface area (Å²) in [6.45, 7) is 9.14. The normalized spacial score (nSPS) is 20.0. The summed E-state index contributed by atoms with van der Waals surface area (Å²) in [5, 5.41) is 6.64. The zero-order valence-corrected chi connectivity index (χ0v) is 14.9. The first-order valence-electron chi connectivity index (χ1n) is 8.69. The first kappa shape index (κ1) is 18.5. The number of aliphatic imine (C=N–C) groups is 1. The molecule has 2 unspecified atom stereocenters. The van der Waals surface area contributed by atoms with E-state index in [-0.39, 0.29) is 11.9 Å². The Bertz CT molecular complexity index is 538. The summed E-state index contributed by atoms with van der Waals surface area (Å²) < 4.78 is 18.9. The number of rotatable bonds is 7. The lowest BCUT2D eigenvalue weighted by Crippen LogP contribution is -2.43. The predicted molar refractivity (Wildman–Crippen MR) is 96.1 cm³/mol.